The van der Waals surface area contributed by atoms with Crippen LogP contribution >= 0.6 is 0 Å². The maximum Gasteiger partial charge on any atom is 0.258 e. The molecule has 4 heteroatoms. The van der Waals surface area contributed by atoms with Gasteiger partial charge in [-0.05, 0) is 31.9 Å². The molecule has 106 valence electrons. The molecule has 0 amide bonds. The molecule has 1 aromatic carbocycles. The number of quaternary nitrogens is 1. The molecule has 2 heterocycles. The quantitative estimate of drug-likeness (QED) is 0.866. The number of para-hydroxylation sites is 1. The monoisotopic (exact) mass is 272 g/mol. The first-order valence-electron chi connectivity index (χ1n) is 7.48. The molecule has 0 radical (unpaired) electrons. The zero-order valence-electron chi connectivity index (χ0n) is 12.1. The third-order valence-electron chi connectivity index (χ3n) is 4.46. The number of hydrogen-bond donors (Lipinski definition) is 2. The number of piperidine rings is 1. The van der Waals surface area contributed by atoms with Crippen LogP contribution in [0.3, 0.4) is 0 Å². The number of aromatic amines is 1. The number of nitrogens with one attached hydrogen (secondary N) is 2. The lowest BCUT2D eigenvalue weighted by Gasteiger charge is -2.31. The average molecular weight is 272 g/mol. The number of likely N-dealkylation sites (tertiary alicyclic amines) is 1. The summed E-state index contributed by atoms with van der Waals surface area (Å²) in [6.45, 7) is 6.81. The number of rotatable bonds is 2. The van der Waals surface area contributed by atoms with Gasteiger partial charge in [0, 0.05) is 5.92 Å². The minimum atomic E-state index is -0.0260. The van der Waals surface area contributed by atoms with Crippen molar-refractivity contribution in [3.8, 4) is 0 Å². The molecule has 2 aromatic rings. The number of benzene rings is 1. The van der Waals surface area contributed by atoms with Crippen LogP contribution in [0.1, 0.15) is 38.6 Å². The summed E-state index contributed by atoms with van der Waals surface area (Å²) >= 11 is 0. The fraction of sp³-hybridized carbons (Fsp3) is 0.500. The Labute approximate surface area is 118 Å². The highest BCUT2D eigenvalue weighted by Crippen LogP contribution is 2.11. The Kier molecular flexibility index (Phi) is 3.57. The van der Waals surface area contributed by atoms with Crippen molar-refractivity contribution >= 4 is 10.9 Å². The van der Waals surface area contributed by atoms with Crippen molar-refractivity contribution in [2.45, 2.75) is 32.7 Å². The van der Waals surface area contributed by atoms with Crippen LogP contribution in [-0.4, -0.2) is 23.1 Å². The molecule has 1 aliphatic heterocycles. The predicted molar refractivity (Wildman–Crippen MR) is 79.9 cm³/mol. The van der Waals surface area contributed by atoms with Gasteiger partial charge in [0.1, 0.15) is 6.04 Å². The van der Waals surface area contributed by atoms with Gasteiger partial charge in [0.15, 0.2) is 5.82 Å². The van der Waals surface area contributed by atoms with E-state index in [0.29, 0.717) is 5.39 Å². The summed E-state index contributed by atoms with van der Waals surface area (Å²) in [5, 5.41) is 0.672. The normalized spacial score (nSPS) is 24.7. The first kappa shape index (κ1) is 13.3. The van der Waals surface area contributed by atoms with Crippen LogP contribution < -0.4 is 10.5 Å². The van der Waals surface area contributed by atoms with Crippen LogP contribution in [0.4, 0.5) is 0 Å². The van der Waals surface area contributed by atoms with Crippen LogP contribution in [0.25, 0.3) is 10.9 Å². The smallest absolute Gasteiger partial charge is 0.258 e. The minimum Gasteiger partial charge on any atom is -0.326 e. The molecule has 0 spiro atoms. The number of H-pyrrole nitrogens is 1. The fourth-order valence-corrected chi connectivity index (χ4v) is 3.23. The topological polar surface area (TPSA) is 50.2 Å². The van der Waals surface area contributed by atoms with Crippen LogP contribution in [0.5, 0.6) is 0 Å². The Balaban J connectivity index is 1.95. The van der Waals surface area contributed by atoms with Crippen LogP contribution in [0.2, 0.25) is 0 Å². The van der Waals surface area contributed by atoms with Crippen molar-refractivity contribution in [2.75, 3.05) is 13.1 Å². The Hall–Kier alpha value is -1.68. The van der Waals surface area contributed by atoms with E-state index in [2.05, 4.69) is 23.8 Å². The molecule has 1 fully saturated rings. The second kappa shape index (κ2) is 5.37. The first-order chi connectivity index (χ1) is 9.65. The number of nitrogens with zero attached hydrogens (tertiary/aromatic N) is 1. The van der Waals surface area contributed by atoms with E-state index >= 15 is 0 Å². The second-order valence-corrected chi connectivity index (χ2v) is 6.05. The zero-order chi connectivity index (χ0) is 14.1. The van der Waals surface area contributed by atoms with Gasteiger partial charge in [0.25, 0.3) is 5.56 Å². The van der Waals surface area contributed by atoms with Crippen molar-refractivity contribution in [3.05, 3.63) is 40.4 Å². The molecular weight excluding hydrogens is 250 g/mol. The predicted octanol–water partition coefficient (Wildman–Crippen LogP) is 1.30. The van der Waals surface area contributed by atoms with Crippen molar-refractivity contribution in [2.24, 2.45) is 5.92 Å². The van der Waals surface area contributed by atoms with Gasteiger partial charge >= 0.3 is 0 Å². The number of fused-ring (bicyclic) bond motifs is 1. The SMILES string of the molecule is C[C@H]1CCC[NH+]([C@@H](C)c2nc3ccccc3c(=O)[nH]2)C1. The molecule has 0 aliphatic carbocycles. The van der Waals surface area contributed by atoms with E-state index in [4.69, 9.17) is 0 Å². The summed E-state index contributed by atoms with van der Waals surface area (Å²) in [4.78, 5) is 21.3. The van der Waals surface area contributed by atoms with Gasteiger partial charge in [0.2, 0.25) is 0 Å². The molecule has 2 N–H and O–H groups in total. The van der Waals surface area contributed by atoms with E-state index in [1.165, 1.54) is 24.3 Å². The molecule has 20 heavy (non-hydrogen) atoms. The van der Waals surface area contributed by atoms with Gasteiger partial charge in [-0.3, -0.25) is 4.79 Å². The molecule has 0 bridgehead atoms. The van der Waals surface area contributed by atoms with Gasteiger partial charge in [-0.25, -0.2) is 4.98 Å². The summed E-state index contributed by atoms with van der Waals surface area (Å²) in [7, 11) is 0. The molecule has 0 saturated carbocycles. The standard InChI is InChI=1S/C16H21N3O/c1-11-6-5-9-19(10-11)12(2)15-17-14-8-4-3-7-13(14)16(20)18-15/h3-4,7-8,11-12H,5-6,9-10H2,1-2H3,(H,17,18,20)/p+1/t11-,12-/m0/s1. The number of hydrogen-bond acceptors (Lipinski definition) is 2. The average Bonchev–Trinajstić information content (AvgIpc) is 2.46. The molecule has 1 aromatic heterocycles. The van der Waals surface area contributed by atoms with Crippen LogP contribution in [-0.2, 0) is 0 Å². The van der Waals surface area contributed by atoms with Gasteiger partial charge in [-0.2, -0.15) is 0 Å². The van der Waals surface area contributed by atoms with Crippen molar-refractivity contribution in [1.82, 2.24) is 9.97 Å². The van der Waals surface area contributed by atoms with E-state index in [9.17, 15) is 4.79 Å². The second-order valence-electron chi connectivity index (χ2n) is 6.05. The third-order valence-corrected chi connectivity index (χ3v) is 4.46. The van der Waals surface area contributed by atoms with Gasteiger partial charge in [-0.1, -0.05) is 19.1 Å². The summed E-state index contributed by atoms with van der Waals surface area (Å²) < 4.78 is 0. The lowest BCUT2D eigenvalue weighted by Crippen LogP contribution is -3.13. The van der Waals surface area contributed by atoms with Gasteiger partial charge in [0.05, 0.1) is 24.0 Å². The van der Waals surface area contributed by atoms with Gasteiger partial charge < -0.3 is 9.88 Å². The Morgan fingerprint density at radius 3 is 3.00 bits per heavy atom. The summed E-state index contributed by atoms with van der Waals surface area (Å²) in [6, 6.07) is 7.79. The molecule has 4 nitrogen and oxygen atoms in total. The van der Waals surface area contributed by atoms with E-state index in [1.54, 1.807) is 0 Å². The largest absolute Gasteiger partial charge is 0.326 e. The molecule has 1 saturated heterocycles. The Bertz CT molecular complexity index is 664. The summed E-state index contributed by atoms with van der Waals surface area (Å²) in [5.74, 6) is 1.58. The summed E-state index contributed by atoms with van der Waals surface area (Å²) in [6.07, 6.45) is 2.58. The lowest BCUT2D eigenvalue weighted by atomic mass is 9.99. The van der Waals surface area contributed by atoms with E-state index < -0.39 is 0 Å². The zero-order valence-corrected chi connectivity index (χ0v) is 12.1. The van der Waals surface area contributed by atoms with E-state index in [1.807, 2.05) is 24.3 Å². The lowest BCUT2D eigenvalue weighted by molar-refractivity contribution is -0.938. The van der Waals surface area contributed by atoms with Crippen LogP contribution in [0.15, 0.2) is 29.1 Å². The first-order valence-corrected chi connectivity index (χ1v) is 7.48. The molecule has 1 unspecified atom stereocenters. The van der Waals surface area contributed by atoms with Crippen molar-refractivity contribution < 1.29 is 4.90 Å². The third kappa shape index (κ3) is 2.48. The maximum absolute atomic E-state index is 12.1. The molecule has 3 rings (SSSR count). The Morgan fingerprint density at radius 2 is 2.20 bits per heavy atom. The molecule has 3 atom stereocenters. The van der Waals surface area contributed by atoms with Crippen molar-refractivity contribution in [1.29, 1.82) is 0 Å². The Morgan fingerprint density at radius 1 is 1.40 bits per heavy atom. The van der Waals surface area contributed by atoms with E-state index in [0.717, 1.165) is 23.8 Å². The summed E-state index contributed by atoms with van der Waals surface area (Å²) in [5.41, 5.74) is 0.768. The highest BCUT2D eigenvalue weighted by atomic mass is 16.1. The highest BCUT2D eigenvalue weighted by Gasteiger charge is 2.27. The fourth-order valence-electron chi connectivity index (χ4n) is 3.23. The molecular formula is C16H22N3O+. The highest BCUT2D eigenvalue weighted by molar-refractivity contribution is 5.77. The van der Waals surface area contributed by atoms with Crippen LogP contribution in [0, 0.1) is 5.92 Å². The van der Waals surface area contributed by atoms with Crippen molar-refractivity contribution in [3.63, 3.8) is 0 Å². The number of aromatic nitrogens is 2. The van der Waals surface area contributed by atoms with E-state index in [-0.39, 0.29) is 11.6 Å². The van der Waals surface area contributed by atoms with Gasteiger partial charge in [-0.15, -0.1) is 0 Å². The molecule has 1 aliphatic rings. The maximum atomic E-state index is 12.1. The minimum absolute atomic E-state index is 0.0260.